The Morgan fingerprint density at radius 1 is 1.10 bits per heavy atom. The van der Waals surface area contributed by atoms with Gasteiger partial charge in [-0.05, 0) is 35.4 Å². The lowest BCUT2D eigenvalue weighted by molar-refractivity contribution is 0.181. The van der Waals surface area contributed by atoms with E-state index < -0.39 is 0 Å². The molecule has 5 rings (SSSR count). The summed E-state index contributed by atoms with van der Waals surface area (Å²) in [7, 11) is 1.62. The SMILES string of the molecule is COCc1nn2c(ncc3c(=O)n(Cc4cccnc4)ccc32)c1-c1ccc(Cl)cc1. The number of rotatable bonds is 5. The van der Waals surface area contributed by atoms with Gasteiger partial charge in [0.1, 0.15) is 0 Å². The average molecular weight is 432 g/mol. The van der Waals surface area contributed by atoms with Gasteiger partial charge in [0.05, 0.1) is 35.3 Å². The van der Waals surface area contributed by atoms with Crippen LogP contribution < -0.4 is 5.56 Å². The number of pyridine rings is 2. The van der Waals surface area contributed by atoms with Crippen LogP contribution in [0.5, 0.6) is 0 Å². The third-order valence-corrected chi connectivity index (χ3v) is 5.40. The lowest BCUT2D eigenvalue weighted by atomic mass is 10.1. The van der Waals surface area contributed by atoms with Crippen LogP contribution in [0.15, 0.2) is 72.0 Å². The maximum absolute atomic E-state index is 13.1. The van der Waals surface area contributed by atoms with Crippen molar-refractivity contribution >= 4 is 28.2 Å². The Morgan fingerprint density at radius 2 is 1.94 bits per heavy atom. The van der Waals surface area contributed by atoms with E-state index in [2.05, 4.69) is 9.97 Å². The van der Waals surface area contributed by atoms with Crippen molar-refractivity contribution in [3.05, 3.63) is 93.9 Å². The molecule has 5 aromatic rings. The second-order valence-electron chi connectivity index (χ2n) is 7.16. The summed E-state index contributed by atoms with van der Waals surface area (Å²) in [6.45, 7) is 0.756. The van der Waals surface area contributed by atoms with E-state index in [1.807, 2.05) is 42.5 Å². The van der Waals surface area contributed by atoms with E-state index in [0.29, 0.717) is 34.7 Å². The highest BCUT2D eigenvalue weighted by molar-refractivity contribution is 6.30. The van der Waals surface area contributed by atoms with Gasteiger partial charge in [0.15, 0.2) is 5.65 Å². The van der Waals surface area contributed by atoms with Crippen LogP contribution in [0.4, 0.5) is 0 Å². The van der Waals surface area contributed by atoms with Gasteiger partial charge in [0, 0.05) is 36.9 Å². The summed E-state index contributed by atoms with van der Waals surface area (Å²) in [4.78, 5) is 21.8. The van der Waals surface area contributed by atoms with Gasteiger partial charge >= 0.3 is 0 Å². The number of methoxy groups -OCH3 is 1. The number of nitrogens with zero attached hydrogens (tertiary/aromatic N) is 5. The number of hydrogen-bond donors (Lipinski definition) is 0. The molecule has 31 heavy (non-hydrogen) atoms. The summed E-state index contributed by atoms with van der Waals surface area (Å²) in [5, 5.41) is 5.87. The second kappa shape index (κ2) is 7.94. The number of aromatic nitrogens is 5. The first-order chi connectivity index (χ1) is 15.2. The minimum atomic E-state index is -0.132. The minimum absolute atomic E-state index is 0.132. The Kier molecular flexibility index (Phi) is 4.97. The molecule has 0 amide bonds. The molecule has 0 fully saturated rings. The first-order valence-corrected chi connectivity index (χ1v) is 10.1. The molecule has 4 aromatic heterocycles. The summed E-state index contributed by atoms with van der Waals surface area (Å²) in [5.74, 6) is 0. The normalized spacial score (nSPS) is 11.4. The van der Waals surface area contributed by atoms with Crippen LogP contribution in [0.2, 0.25) is 5.02 Å². The molecule has 154 valence electrons. The van der Waals surface area contributed by atoms with Crippen molar-refractivity contribution in [3.8, 4) is 11.1 Å². The third kappa shape index (κ3) is 3.48. The van der Waals surface area contributed by atoms with E-state index in [1.165, 1.54) is 0 Å². The number of benzene rings is 1. The van der Waals surface area contributed by atoms with Crippen molar-refractivity contribution in [2.45, 2.75) is 13.2 Å². The molecule has 0 bridgehead atoms. The summed E-state index contributed by atoms with van der Waals surface area (Å²) in [5.41, 5.74) is 4.70. The molecule has 0 N–H and O–H groups in total. The number of hydrogen-bond acceptors (Lipinski definition) is 5. The Hall–Kier alpha value is -3.55. The second-order valence-corrected chi connectivity index (χ2v) is 7.60. The fourth-order valence-electron chi connectivity index (χ4n) is 3.72. The van der Waals surface area contributed by atoms with Crippen molar-refractivity contribution in [2.75, 3.05) is 7.11 Å². The molecule has 0 unspecified atom stereocenters. The topological polar surface area (TPSA) is 74.3 Å². The quantitative estimate of drug-likeness (QED) is 0.421. The highest BCUT2D eigenvalue weighted by Crippen LogP contribution is 2.30. The van der Waals surface area contributed by atoms with Crippen LogP contribution in [0.25, 0.3) is 27.7 Å². The third-order valence-electron chi connectivity index (χ3n) is 5.15. The summed E-state index contributed by atoms with van der Waals surface area (Å²) in [6, 6.07) is 13.2. The molecule has 0 spiro atoms. The number of fused-ring (bicyclic) bond motifs is 3. The fraction of sp³-hybridized carbons (Fsp3) is 0.130. The van der Waals surface area contributed by atoms with E-state index in [9.17, 15) is 4.79 Å². The van der Waals surface area contributed by atoms with Gasteiger partial charge in [-0.1, -0.05) is 29.8 Å². The molecule has 0 saturated heterocycles. The smallest absolute Gasteiger partial charge is 0.261 e. The van der Waals surface area contributed by atoms with Crippen LogP contribution in [-0.2, 0) is 17.9 Å². The lowest BCUT2D eigenvalue weighted by Gasteiger charge is -2.08. The molecular weight excluding hydrogens is 414 g/mol. The largest absolute Gasteiger partial charge is 0.378 e. The van der Waals surface area contributed by atoms with Crippen molar-refractivity contribution in [1.29, 1.82) is 0 Å². The standard InChI is InChI=1S/C23H18ClN5O2/c1-31-14-19-21(16-4-6-17(24)7-5-16)22-26-12-18-20(29(22)27-19)8-10-28(23(18)30)13-15-3-2-9-25-11-15/h2-12H,13-14H2,1H3. The predicted molar refractivity (Wildman–Crippen MR) is 119 cm³/mol. The molecule has 7 nitrogen and oxygen atoms in total. The summed E-state index contributed by atoms with van der Waals surface area (Å²) < 4.78 is 8.72. The lowest BCUT2D eigenvalue weighted by Crippen LogP contribution is -2.21. The maximum Gasteiger partial charge on any atom is 0.261 e. The Morgan fingerprint density at radius 3 is 2.68 bits per heavy atom. The van der Waals surface area contributed by atoms with E-state index in [4.69, 9.17) is 21.4 Å². The van der Waals surface area contributed by atoms with Crippen molar-refractivity contribution in [1.82, 2.24) is 24.1 Å². The molecule has 0 aliphatic carbocycles. The van der Waals surface area contributed by atoms with Crippen LogP contribution in [0, 0.1) is 0 Å². The van der Waals surface area contributed by atoms with Crippen molar-refractivity contribution in [3.63, 3.8) is 0 Å². The van der Waals surface area contributed by atoms with Crippen LogP contribution in [0.1, 0.15) is 11.3 Å². The van der Waals surface area contributed by atoms with Gasteiger partial charge in [0.25, 0.3) is 5.56 Å². The molecule has 4 heterocycles. The first-order valence-electron chi connectivity index (χ1n) is 9.69. The van der Waals surface area contributed by atoms with E-state index in [0.717, 1.165) is 22.4 Å². The molecule has 1 aromatic carbocycles. The van der Waals surface area contributed by atoms with Crippen molar-refractivity contribution < 1.29 is 4.74 Å². The van der Waals surface area contributed by atoms with Gasteiger partial charge in [-0.15, -0.1) is 0 Å². The number of halogens is 1. The summed E-state index contributed by atoms with van der Waals surface area (Å²) in [6.07, 6.45) is 6.85. The molecule has 0 saturated carbocycles. The Balaban J connectivity index is 1.70. The number of ether oxygens (including phenoxy) is 1. The van der Waals surface area contributed by atoms with Crippen molar-refractivity contribution in [2.24, 2.45) is 0 Å². The van der Waals surface area contributed by atoms with Gasteiger partial charge < -0.3 is 9.30 Å². The highest BCUT2D eigenvalue weighted by atomic mass is 35.5. The summed E-state index contributed by atoms with van der Waals surface area (Å²) >= 11 is 6.06. The van der Waals surface area contributed by atoms with E-state index in [1.54, 1.807) is 41.0 Å². The van der Waals surface area contributed by atoms with Crippen LogP contribution in [-0.4, -0.2) is 31.3 Å². The zero-order valence-corrected chi connectivity index (χ0v) is 17.5. The molecule has 0 aliphatic heterocycles. The monoisotopic (exact) mass is 431 g/mol. The average Bonchev–Trinajstić information content (AvgIpc) is 3.15. The molecular formula is C23H18ClN5O2. The molecule has 0 radical (unpaired) electrons. The zero-order valence-electron chi connectivity index (χ0n) is 16.7. The Bertz CT molecular complexity index is 1440. The fourth-order valence-corrected chi connectivity index (χ4v) is 3.84. The maximum atomic E-state index is 13.1. The first kappa shape index (κ1) is 19.4. The van der Waals surface area contributed by atoms with Gasteiger partial charge in [0.2, 0.25) is 0 Å². The predicted octanol–water partition coefficient (Wildman–Crippen LogP) is 3.95. The molecule has 8 heteroatoms. The van der Waals surface area contributed by atoms with E-state index in [-0.39, 0.29) is 5.56 Å². The minimum Gasteiger partial charge on any atom is -0.378 e. The van der Waals surface area contributed by atoms with Crippen LogP contribution >= 0.6 is 11.6 Å². The van der Waals surface area contributed by atoms with Gasteiger partial charge in [-0.25, -0.2) is 9.50 Å². The molecule has 0 aliphatic rings. The molecule has 0 atom stereocenters. The highest BCUT2D eigenvalue weighted by Gasteiger charge is 2.18. The zero-order chi connectivity index (χ0) is 21.4. The van der Waals surface area contributed by atoms with E-state index >= 15 is 0 Å². The van der Waals surface area contributed by atoms with Gasteiger partial charge in [-0.2, -0.15) is 5.10 Å². The van der Waals surface area contributed by atoms with Gasteiger partial charge in [-0.3, -0.25) is 9.78 Å². The Labute approximate surface area is 182 Å². The van der Waals surface area contributed by atoms with Crippen LogP contribution in [0.3, 0.4) is 0 Å².